The summed E-state index contributed by atoms with van der Waals surface area (Å²) in [6.07, 6.45) is 1.33. The maximum Gasteiger partial charge on any atom is 0.271 e. The number of carbonyl (C=O) groups is 1. The van der Waals surface area contributed by atoms with Crippen LogP contribution in [0.2, 0.25) is 5.02 Å². The fraction of sp³-hybridized carbons (Fsp3) is 0.0500. The number of aromatic nitrogens is 2. The van der Waals surface area contributed by atoms with E-state index in [-0.39, 0.29) is 11.1 Å². The molecule has 134 valence electrons. The molecule has 5 nitrogen and oxygen atoms in total. The van der Waals surface area contributed by atoms with Crippen molar-refractivity contribution in [2.24, 2.45) is 0 Å². The Kier molecular flexibility index (Phi) is 4.75. The van der Waals surface area contributed by atoms with Crippen LogP contribution >= 0.6 is 22.9 Å². The molecule has 4 rings (SSSR count). The molecule has 0 unspecified atom stereocenters. The van der Waals surface area contributed by atoms with E-state index in [0.717, 1.165) is 16.8 Å². The lowest BCUT2D eigenvalue weighted by Crippen LogP contribution is -2.31. The number of carbonyl (C=O) groups excluding carboxylic acids is 1. The summed E-state index contributed by atoms with van der Waals surface area (Å²) in [6.45, 7) is 0.299. The predicted octanol–water partition coefficient (Wildman–Crippen LogP) is 4.01. The van der Waals surface area contributed by atoms with Crippen LogP contribution in [0.25, 0.3) is 16.2 Å². The molecule has 0 aliphatic heterocycles. The van der Waals surface area contributed by atoms with Gasteiger partial charge in [-0.15, -0.1) is 11.3 Å². The lowest BCUT2D eigenvalue weighted by molar-refractivity contribution is 0.0949. The average molecular weight is 396 g/mol. The molecule has 2 heterocycles. The SMILES string of the molecule is O=C(NCc1ccc(Cl)cc1)c1cnc2scc(-c3ccccc3)n2c1=O. The normalized spacial score (nSPS) is 10.9. The highest BCUT2D eigenvalue weighted by atomic mass is 35.5. The van der Waals surface area contributed by atoms with Crippen molar-refractivity contribution in [3.63, 3.8) is 0 Å². The second-order valence-electron chi connectivity index (χ2n) is 5.89. The van der Waals surface area contributed by atoms with Crippen molar-refractivity contribution in [3.8, 4) is 11.3 Å². The zero-order valence-corrected chi connectivity index (χ0v) is 15.6. The third kappa shape index (κ3) is 3.49. The Morgan fingerprint density at radius 3 is 2.59 bits per heavy atom. The zero-order chi connectivity index (χ0) is 18.8. The molecule has 0 spiro atoms. The average Bonchev–Trinajstić information content (AvgIpc) is 3.13. The number of hydrogen-bond acceptors (Lipinski definition) is 4. The van der Waals surface area contributed by atoms with Crippen LogP contribution in [-0.4, -0.2) is 15.3 Å². The molecule has 7 heteroatoms. The Hall–Kier alpha value is -2.96. The van der Waals surface area contributed by atoms with Crippen molar-refractivity contribution >= 4 is 33.8 Å². The van der Waals surface area contributed by atoms with Gasteiger partial charge in [-0.1, -0.05) is 54.1 Å². The minimum Gasteiger partial charge on any atom is -0.348 e. The van der Waals surface area contributed by atoms with E-state index < -0.39 is 5.91 Å². The molecule has 0 radical (unpaired) electrons. The fourth-order valence-electron chi connectivity index (χ4n) is 2.74. The van der Waals surface area contributed by atoms with Gasteiger partial charge in [0.25, 0.3) is 11.5 Å². The number of nitrogens with zero attached hydrogens (tertiary/aromatic N) is 2. The number of thiazole rings is 1. The van der Waals surface area contributed by atoms with Crippen molar-refractivity contribution < 1.29 is 4.79 Å². The number of nitrogens with one attached hydrogen (secondary N) is 1. The quantitative estimate of drug-likeness (QED) is 0.568. The number of fused-ring (bicyclic) bond motifs is 1. The van der Waals surface area contributed by atoms with Gasteiger partial charge >= 0.3 is 0 Å². The van der Waals surface area contributed by atoms with Crippen LogP contribution < -0.4 is 10.9 Å². The topological polar surface area (TPSA) is 63.5 Å². The van der Waals surface area contributed by atoms with E-state index in [4.69, 9.17) is 11.6 Å². The van der Waals surface area contributed by atoms with E-state index in [1.54, 1.807) is 12.1 Å². The summed E-state index contributed by atoms with van der Waals surface area (Å²) in [6, 6.07) is 16.7. The van der Waals surface area contributed by atoms with Crippen molar-refractivity contribution in [2.75, 3.05) is 0 Å². The van der Waals surface area contributed by atoms with Crippen LogP contribution in [0.15, 0.2) is 71.0 Å². The molecule has 2 aromatic carbocycles. The first-order valence-corrected chi connectivity index (χ1v) is 9.46. The van der Waals surface area contributed by atoms with Gasteiger partial charge in [0.1, 0.15) is 5.56 Å². The lowest BCUT2D eigenvalue weighted by atomic mass is 10.2. The number of benzene rings is 2. The van der Waals surface area contributed by atoms with Crippen LogP contribution in [0.3, 0.4) is 0 Å². The maximum atomic E-state index is 12.9. The molecule has 2 aromatic heterocycles. The van der Waals surface area contributed by atoms with Crippen LogP contribution in [0, 0.1) is 0 Å². The van der Waals surface area contributed by atoms with Gasteiger partial charge < -0.3 is 5.32 Å². The van der Waals surface area contributed by atoms with Crippen molar-refractivity contribution in [1.29, 1.82) is 0 Å². The van der Waals surface area contributed by atoms with E-state index in [9.17, 15) is 9.59 Å². The van der Waals surface area contributed by atoms with E-state index in [0.29, 0.717) is 16.5 Å². The Morgan fingerprint density at radius 2 is 1.85 bits per heavy atom. The summed E-state index contributed by atoms with van der Waals surface area (Å²) in [5.41, 5.74) is 2.14. The molecule has 1 N–H and O–H groups in total. The summed E-state index contributed by atoms with van der Waals surface area (Å²) >= 11 is 7.22. The highest BCUT2D eigenvalue weighted by Crippen LogP contribution is 2.23. The van der Waals surface area contributed by atoms with Crippen LogP contribution in [-0.2, 0) is 6.54 Å². The number of hydrogen-bond donors (Lipinski definition) is 1. The zero-order valence-electron chi connectivity index (χ0n) is 14.1. The molecule has 0 saturated carbocycles. The largest absolute Gasteiger partial charge is 0.348 e. The molecule has 1 amide bonds. The second-order valence-corrected chi connectivity index (χ2v) is 7.16. The minimum atomic E-state index is -0.456. The molecule has 0 aliphatic carbocycles. The highest BCUT2D eigenvalue weighted by molar-refractivity contribution is 7.15. The predicted molar refractivity (Wildman–Crippen MR) is 107 cm³/mol. The molecule has 0 aliphatic rings. The Morgan fingerprint density at radius 1 is 1.11 bits per heavy atom. The van der Waals surface area contributed by atoms with Gasteiger partial charge in [0.05, 0.1) is 5.69 Å². The van der Waals surface area contributed by atoms with Gasteiger partial charge in [-0.05, 0) is 23.3 Å². The first kappa shape index (κ1) is 17.5. The maximum absolute atomic E-state index is 12.9. The molecular formula is C20H14ClN3O2S. The molecule has 0 saturated heterocycles. The first-order valence-electron chi connectivity index (χ1n) is 8.21. The summed E-state index contributed by atoms with van der Waals surface area (Å²) < 4.78 is 1.48. The highest BCUT2D eigenvalue weighted by Gasteiger charge is 2.16. The van der Waals surface area contributed by atoms with Gasteiger partial charge in [0.2, 0.25) is 0 Å². The third-order valence-corrected chi connectivity index (χ3v) is 5.22. The third-order valence-electron chi connectivity index (χ3n) is 4.13. The van der Waals surface area contributed by atoms with Crippen LogP contribution in [0.1, 0.15) is 15.9 Å². The van der Waals surface area contributed by atoms with Gasteiger partial charge in [-0.25, -0.2) is 4.98 Å². The summed E-state index contributed by atoms with van der Waals surface area (Å²) in [5, 5.41) is 5.26. The standard InChI is InChI=1S/C20H14ClN3O2S/c21-15-8-6-13(7-9-15)10-22-18(25)16-11-23-20-24(19(16)26)17(12-27-20)14-4-2-1-3-5-14/h1-9,11-12H,10H2,(H,22,25). The molecule has 0 bridgehead atoms. The number of rotatable bonds is 4. The van der Waals surface area contributed by atoms with Gasteiger partial charge in [0.15, 0.2) is 4.96 Å². The Bertz CT molecular complexity index is 1170. The van der Waals surface area contributed by atoms with Crippen LogP contribution in [0.5, 0.6) is 0 Å². The second kappa shape index (κ2) is 7.34. The number of amides is 1. The van der Waals surface area contributed by atoms with Crippen molar-refractivity contribution in [3.05, 3.63) is 92.7 Å². The Balaban J connectivity index is 1.66. The molecule has 0 fully saturated rings. The van der Waals surface area contributed by atoms with Crippen molar-refractivity contribution in [1.82, 2.24) is 14.7 Å². The summed E-state index contributed by atoms with van der Waals surface area (Å²) in [4.78, 5) is 30.3. The van der Waals surface area contributed by atoms with E-state index in [1.807, 2.05) is 47.8 Å². The smallest absolute Gasteiger partial charge is 0.271 e. The summed E-state index contributed by atoms with van der Waals surface area (Å²) in [5.74, 6) is -0.456. The fourth-order valence-corrected chi connectivity index (χ4v) is 3.72. The molecule has 27 heavy (non-hydrogen) atoms. The molecule has 0 atom stereocenters. The van der Waals surface area contributed by atoms with Gasteiger partial charge in [0, 0.05) is 23.1 Å². The van der Waals surface area contributed by atoms with E-state index in [1.165, 1.54) is 21.9 Å². The van der Waals surface area contributed by atoms with E-state index >= 15 is 0 Å². The number of halogens is 1. The monoisotopic (exact) mass is 395 g/mol. The van der Waals surface area contributed by atoms with Crippen LogP contribution in [0.4, 0.5) is 0 Å². The minimum absolute atomic E-state index is 0.0112. The van der Waals surface area contributed by atoms with Crippen molar-refractivity contribution in [2.45, 2.75) is 6.54 Å². The van der Waals surface area contributed by atoms with Gasteiger partial charge in [-0.2, -0.15) is 0 Å². The Labute approximate surface area is 163 Å². The summed E-state index contributed by atoms with van der Waals surface area (Å²) in [7, 11) is 0. The first-order chi connectivity index (χ1) is 13.1. The molecule has 4 aromatic rings. The lowest BCUT2D eigenvalue weighted by Gasteiger charge is -2.06. The van der Waals surface area contributed by atoms with Gasteiger partial charge in [-0.3, -0.25) is 14.0 Å². The molecular weight excluding hydrogens is 382 g/mol. The van der Waals surface area contributed by atoms with E-state index in [2.05, 4.69) is 10.3 Å².